The summed E-state index contributed by atoms with van der Waals surface area (Å²) in [5, 5.41) is 13.0. The Morgan fingerprint density at radius 2 is 1.38 bits per heavy atom. The largest absolute Gasteiger partial charge is 0.480 e. The molecule has 0 aromatic heterocycles. The quantitative estimate of drug-likeness (QED) is 0.592. The van der Waals surface area contributed by atoms with E-state index in [9.17, 15) is 9.90 Å². The van der Waals surface area contributed by atoms with Gasteiger partial charge in [0, 0.05) is 6.04 Å². The first kappa shape index (κ1) is 29.2. The highest BCUT2D eigenvalue weighted by Crippen LogP contribution is 2.12. The van der Waals surface area contributed by atoms with Crippen molar-refractivity contribution < 1.29 is 19.5 Å². The molecule has 160 valence electrons. The molecular weight excluding hydrogens is 406 g/mol. The topological polar surface area (TPSA) is 83.5 Å². The fraction of sp³-hybridized carbons (Fsp3) is 0.364. The van der Waals surface area contributed by atoms with E-state index in [-0.39, 0.29) is 39.2 Å². The van der Waals surface area contributed by atoms with Crippen LogP contribution in [0.25, 0.3) is 0 Å². The second-order valence-corrected chi connectivity index (χ2v) is 6.36. The van der Waals surface area contributed by atoms with Gasteiger partial charge in [0.15, 0.2) is 0 Å². The minimum Gasteiger partial charge on any atom is -0.480 e. The van der Waals surface area contributed by atoms with E-state index in [2.05, 4.69) is 24.4 Å². The van der Waals surface area contributed by atoms with Gasteiger partial charge in [0.1, 0.15) is 6.04 Å². The Bertz CT molecular complexity index is 692. The van der Waals surface area contributed by atoms with Crippen LogP contribution < -0.4 is 5.32 Å². The van der Waals surface area contributed by atoms with Gasteiger partial charge in [-0.05, 0) is 30.4 Å². The van der Waals surface area contributed by atoms with Gasteiger partial charge in [-0.25, -0.2) is 0 Å². The first-order valence-electron chi connectivity index (χ1n) is 9.16. The van der Waals surface area contributed by atoms with Gasteiger partial charge in [-0.15, -0.1) is 0 Å². The molecule has 0 heterocycles. The molecule has 0 bridgehead atoms. The lowest BCUT2D eigenvalue weighted by Gasteiger charge is -2.24. The van der Waals surface area contributed by atoms with Crippen LogP contribution in [0.1, 0.15) is 37.3 Å². The van der Waals surface area contributed by atoms with Crippen molar-refractivity contribution in [3.05, 3.63) is 71.8 Å². The van der Waals surface area contributed by atoms with E-state index in [0.29, 0.717) is 6.42 Å². The van der Waals surface area contributed by atoms with Gasteiger partial charge in [-0.1, -0.05) is 80.4 Å². The average molecular weight is 438 g/mol. The highest BCUT2D eigenvalue weighted by molar-refractivity contribution is 7.59. The molecule has 0 radical (unpaired) electrons. The molecule has 2 aromatic carbocycles. The molecule has 2 rings (SSSR count). The van der Waals surface area contributed by atoms with E-state index in [4.69, 9.17) is 9.59 Å². The molecule has 0 aliphatic carbocycles. The Morgan fingerprint density at radius 3 is 1.79 bits per heavy atom. The van der Waals surface area contributed by atoms with Crippen molar-refractivity contribution >= 4 is 39.1 Å². The van der Waals surface area contributed by atoms with Crippen molar-refractivity contribution in [2.24, 2.45) is 0 Å². The zero-order chi connectivity index (χ0) is 19.9. The number of hydrogen-bond donors (Lipinski definition) is 2. The SMILES string of the molecule is CCCC[C@H](Cc1ccccc1)N[C@@H](Cc1ccccc1)C(=O)O.O=C=O.S.S. The van der Waals surface area contributed by atoms with Crippen LogP contribution in [-0.2, 0) is 27.2 Å². The van der Waals surface area contributed by atoms with Crippen LogP contribution in [0, 0.1) is 0 Å². The lowest BCUT2D eigenvalue weighted by molar-refractivity contribution is -0.191. The molecular formula is C22H31NO4S2. The maximum absolute atomic E-state index is 11.7. The summed E-state index contributed by atoms with van der Waals surface area (Å²) in [4.78, 5) is 28.0. The molecule has 2 atom stereocenters. The molecule has 2 aromatic rings. The minimum absolute atomic E-state index is 0. The Morgan fingerprint density at radius 1 is 0.931 bits per heavy atom. The molecule has 0 saturated carbocycles. The Kier molecular flexibility index (Phi) is 18.1. The first-order valence-corrected chi connectivity index (χ1v) is 9.16. The van der Waals surface area contributed by atoms with E-state index < -0.39 is 12.0 Å². The Hall–Kier alpha value is -2.05. The van der Waals surface area contributed by atoms with E-state index in [0.717, 1.165) is 31.2 Å². The molecule has 0 unspecified atom stereocenters. The van der Waals surface area contributed by atoms with Crippen molar-refractivity contribution in [2.75, 3.05) is 0 Å². The predicted octanol–water partition coefficient (Wildman–Crippen LogP) is 3.72. The smallest absolute Gasteiger partial charge is 0.373 e. The summed E-state index contributed by atoms with van der Waals surface area (Å²) >= 11 is 0. The maximum Gasteiger partial charge on any atom is 0.373 e. The van der Waals surface area contributed by atoms with Crippen LogP contribution >= 0.6 is 27.0 Å². The van der Waals surface area contributed by atoms with Crippen LogP contribution in [0.15, 0.2) is 60.7 Å². The summed E-state index contributed by atoms with van der Waals surface area (Å²) in [7, 11) is 0. The molecule has 7 heteroatoms. The van der Waals surface area contributed by atoms with Gasteiger partial charge in [-0.3, -0.25) is 4.79 Å². The summed E-state index contributed by atoms with van der Waals surface area (Å²) in [6.45, 7) is 2.16. The molecule has 5 nitrogen and oxygen atoms in total. The van der Waals surface area contributed by atoms with E-state index >= 15 is 0 Å². The molecule has 0 amide bonds. The number of hydrogen-bond acceptors (Lipinski definition) is 4. The van der Waals surface area contributed by atoms with Crippen LogP contribution in [0.2, 0.25) is 0 Å². The van der Waals surface area contributed by atoms with E-state index in [1.54, 1.807) is 0 Å². The number of unbranched alkanes of at least 4 members (excludes halogenated alkanes) is 1. The van der Waals surface area contributed by atoms with Crippen molar-refractivity contribution in [1.82, 2.24) is 5.32 Å². The second-order valence-electron chi connectivity index (χ2n) is 6.36. The van der Waals surface area contributed by atoms with E-state index in [1.807, 2.05) is 48.5 Å². The molecule has 29 heavy (non-hydrogen) atoms. The highest BCUT2D eigenvalue weighted by Gasteiger charge is 2.22. The predicted molar refractivity (Wildman–Crippen MR) is 124 cm³/mol. The third kappa shape index (κ3) is 12.9. The summed E-state index contributed by atoms with van der Waals surface area (Å²) in [5.74, 6) is -0.784. The second kappa shape index (κ2) is 18.0. The minimum atomic E-state index is -0.784. The summed E-state index contributed by atoms with van der Waals surface area (Å²) in [6, 6.07) is 19.7. The number of rotatable bonds is 10. The number of nitrogens with one attached hydrogen (secondary N) is 1. The Labute approximate surface area is 186 Å². The maximum atomic E-state index is 11.7. The third-order valence-corrected chi connectivity index (χ3v) is 4.25. The lowest BCUT2D eigenvalue weighted by atomic mass is 9.98. The summed E-state index contributed by atoms with van der Waals surface area (Å²) in [5.41, 5.74) is 2.29. The molecule has 2 N–H and O–H groups in total. The van der Waals surface area contributed by atoms with Gasteiger partial charge < -0.3 is 10.4 Å². The van der Waals surface area contributed by atoms with Gasteiger partial charge in [0.05, 0.1) is 0 Å². The molecule has 0 aliphatic rings. The fourth-order valence-corrected chi connectivity index (χ4v) is 2.95. The van der Waals surface area contributed by atoms with Gasteiger partial charge in [0.2, 0.25) is 0 Å². The summed E-state index contributed by atoms with van der Waals surface area (Å²) in [6.07, 6.45) is 4.82. The van der Waals surface area contributed by atoms with E-state index in [1.165, 1.54) is 5.56 Å². The van der Waals surface area contributed by atoms with Crippen LogP contribution in [-0.4, -0.2) is 29.3 Å². The monoisotopic (exact) mass is 437 g/mol. The highest BCUT2D eigenvalue weighted by atomic mass is 32.1. The lowest BCUT2D eigenvalue weighted by Crippen LogP contribution is -2.45. The number of benzene rings is 2. The van der Waals surface area contributed by atoms with Crippen molar-refractivity contribution in [1.29, 1.82) is 0 Å². The van der Waals surface area contributed by atoms with Crippen molar-refractivity contribution in [2.45, 2.75) is 51.1 Å². The van der Waals surface area contributed by atoms with Crippen molar-refractivity contribution in [3.63, 3.8) is 0 Å². The molecule has 0 spiro atoms. The zero-order valence-corrected chi connectivity index (χ0v) is 18.6. The zero-order valence-electron chi connectivity index (χ0n) is 16.6. The standard InChI is InChI=1S/C21H27NO2.CO2.2H2S/c1-2-3-14-19(15-17-10-6-4-7-11-17)22-20(21(23)24)16-18-12-8-5-9-13-18;2-1-3;;/h4-13,19-20,22H,2-3,14-16H2,1H3,(H,23,24);;2*1H2/t19-,20+;;;/m1.../s1. The van der Waals surface area contributed by atoms with Crippen LogP contribution in [0.4, 0.5) is 0 Å². The van der Waals surface area contributed by atoms with Crippen LogP contribution in [0.5, 0.6) is 0 Å². The third-order valence-electron chi connectivity index (χ3n) is 4.25. The molecule has 0 aliphatic heterocycles. The molecule has 0 fully saturated rings. The number of carbonyl (C=O) groups excluding carboxylic acids is 2. The number of carboxylic acids is 1. The Balaban J connectivity index is 0. The number of carbonyl (C=O) groups is 1. The first-order chi connectivity index (χ1) is 13.1. The normalized spacial score (nSPS) is 11.3. The van der Waals surface area contributed by atoms with Gasteiger partial charge >= 0.3 is 12.1 Å². The fourth-order valence-electron chi connectivity index (χ4n) is 2.95. The number of carboxylic acid groups (broad SMARTS) is 1. The van der Waals surface area contributed by atoms with Gasteiger partial charge in [0.25, 0.3) is 0 Å². The average Bonchev–Trinajstić information content (AvgIpc) is 2.67. The van der Waals surface area contributed by atoms with Gasteiger partial charge in [-0.2, -0.15) is 36.6 Å². The van der Waals surface area contributed by atoms with Crippen LogP contribution in [0.3, 0.4) is 0 Å². The molecule has 0 saturated heterocycles. The summed E-state index contributed by atoms with van der Waals surface area (Å²) < 4.78 is 0. The number of aliphatic carboxylic acids is 1. The van der Waals surface area contributed by atoms with Crippen molar-refractivity contribution in [3.8, 4) is 0 Å².